The molecular weight excluding hydrogens is 326 g/mol. The summed E-state index contributed by atoms with van der Waals surface area (Å²) in [6, 6.07) is 7.70. The molecule has 3 rings (SSSR count). The third-order valence-corrected chi connectivity index (χ3v) is 6.95. The first-order chi connectivity index (χ1) is 11.4. The number of carbonyl (C=O) groups excluding carboxylic acids is 1. The maximum Gasteiger partial charge on any atom is 0.238 e. The second-order valence-corrected chi connectivity index (χ2v) is 8.90. The van der Waals surface area contributed by atoms with Gasteiger partial charge in [0.15, 0.2) is 0 Å². The van der Waals surface area contributed by atoms with E-state index in [9.17, 15) is 13.2 Å². The predicted octanol–water partition coefficient (Wildman–Crippen LogP) is 1.43. The van der Waals surface area contributed by atoms with E-state index in [1.54, 1.807) is 4.31 Å². The molecule has 1 N–H and O–H groups in total. The van der Waals surface area contributed by atoms with Crippen LogP contribution in [0, 0.1) is 6.92 Å². The van der Waals surface area contributed by atoms with Crippen LogP contribution in [0.15, 0.2) is 24.3 Å². The van der Waals surface area contributed by atoms with Gasteiger partial charge in [0.05, 0.1) is 11.8 Å². The summed E-state index contributed by atoms with van der Waals surface area (Å²) >= 11 is 0. The number of carbonyl (C=O) groups is 1. The molecule has 1 amide bonds. The Morgan fingerprint density at radius 3 is 2.50 bits per heavy atom. The van der Waals surface area contributed by atoms with E-state index >= 15 is 0 Å². The molecule has 0 spiro atoms. The monoisotopic (exact) mass is 351 g/mol. The van der Waals surface area contributed by atoms with Crippen molar-refractivity contribution < 1.29 is 13.2 Å². The van der Waals surface area contributed by atoms with Crippen LogP contribution in [0.3, 0.4) is 0 Å². The van der Waals surface area contributed by atoms with Crippen LogP contribution in [0.4, 0.5) is 5.69 Å². The molecule has 1 heterocycles. The number of rotatable bonds is 5. The summed E-state index contributed by atoms with van der Waals surface area (Å²) in [5, 5.41) is 2.74. The molecule has 1 aromatic rings. The van der Waals surface area contributed by atoms with Gasteiger partial charge in [-0.15, -0.1) is 0 Å². The zero-order valence-electron chi connectivity index (χ0n) is 14.1. The number of aryl methyl sites for hydroxylation is 1. The highest BCUT2D eigenvalue weighted by atomic mass is 32.2. The van der Waals surface area contributed by atoms with Gasteiger partial charge in [-0.05, 0) is 44.9 Å². The summed E-state index contributed by atoms with van der Waals surface area (Å²) in [5.41, 5.74) is 1.94. The average Bonchev–Trinajstić information content (AvgIpc) is 3.36. The van der Waals surface area contributed by atoms with Gasteiger partial charge in [-0.2, -0.15) is 0 Å². The molecule has 0 atom stereocenters. The highest BCUT2D eigenvalue weighted by Crippen LogP contribution is 2.31. The molecule has 1 aliphatic heterocycles. The summed E-state index contributed by atoms with van der Waals surface area (Å²) < 4.78 is 26.3. The number of hydrogen-bond acceptors (Lipinski definition) is 4. The first-order valence-electron chi connectivity index (χ1n) is 8.53. The van der Waals surface area contributed by atoms with Gasteiger partial charge in [0, 0.05) is 25.3 Å². The van der Waals surface area contributed by atoms with Crippen LogP contribution in [0.5, 0.6) is 0 Å². The highest BCUT2D eigenvalue weighted by Gasteiger charge is 2.40. The Kier molecular flexibility index (Phi) is 5.22. The van der Waals surface area contributed by atoms with Gasteiger partial charge >= 0.3 is 0 Å². The van der Waals surface area contributed by atoms with Crippen LogP contribution in [-0.4, -0.2) is 61.5 Å². The smallest absolute Gasteiger partial charge is 0.238 e. The molecule has 0 aromatic heterocycles. The molecule has 2 fully saturated rings. The molecule has 132 valence electrons. The number of benzene rings is 1. The normalized spacial score (nSPS) is 20.5. The van der Waals surface area contributed by atoms with Crippen LogP contribution < -0.4 is 5.32 Å². The SMILES string of the molecule is Cc1ccc(NC(=O)CN2CCCN(S(=O)(=O)C3CC3)CC2)cc1. The molecule has 1 aliphatic carbocycles. The molecule has 24 heavy (non-hydrogen) atoms. The minimum Gasteiger partial charge on any atom is -0.325 e. The molecule has 6 nitrogen and oxygen atoms in total. The third-order valence-electron chi connectivity index (χ3n) is 4.56. The van der Waals surface area contributed by atoms with Crippen molar-refractivity contribution in [2.75, 3.05) is 38.0 Å². The summed E-state index contributed by atoms with van der Waals surface area (Å²) in [6.45, 7) is 4.70. The van der Waals surface area contributed by atoms with Crippen molar-refractivity contribution in [2.24, 2.45) is 0 Å². The third kappa shape index (κ3) is 4.34. The summed E-state index contributed by atoms with van der Waals surface area (Å²) in [4.78, 5) is 14.2. The van der Waals surface area contributed by atoms with Crippen molar-refractivity contribution in [1.29, 1.82) is 0 Å². The summed E-state index contributed by atoms with van der Waals surface area (Å²) in [6.07, 6.45) is 2.35. The fourth-order valence-electron chi connectivity index (χ4n) is 2.98. The maximum atomic E-state index is 12.3. The van der Waals surface area contributed by atoms with E-state index in [-0.39, 0.29) is 11.2 Å². The number of nitrogens with one attached hydrogen (secondary N) is 1. The van der Waals surface area contributed by atoms with Crippen molar-refractivity contribution in [3.63, 3.8) is 0 Å². The van der Waals surface area contributed by atoms with E-state index in [0.717, 1.165) is 37.1 Å². The molecule has 7 heteroatoms. The summed E-state index contributed by atoms with van der Waals surface area (Å²) in [5.74, 6) is -0.0580. The van der Waals surface area contributed by atoms with E-state index < -0.39 is 10.0 Å². The molecule has 2 aliphatic rings. The van der Waals surface area contributed by atoms with E-state index in [0.29, 0.717) is 26.2 Å². The molecule has 1 saturated heterocycles. The Hall–Kier alpha value is -1.44. The number of sulfonamides is 1. The lowest BCUT2D eigenvalue weighted by Gasteiger charge is -2.21. The van der Waals surface area contributed by atoms with E-state index in [1.807, 2.05) is 36.1 Å². The van der Waals surface area contributed by atoms with Crippen molar-refractivity contribution >= 4 is 21.6 Å². The van der Waals surface area contributed by atoms with Crippen LogP contribution in [0.1, 0.15) is 24.8 Å². The minimum atomic E-state index is -3.11. The Morgan fingerprint density at radius 2 is 1.83 bits per heavy atom. The molecule has 0 radical (unpaired) electrons. The Morgan fingerprint density at radius 1 is 1.12 bits per heavy atom. The lowest BCUT2D eigenvalue weighted by atomic mass is 10.2. The van der Waals surface area contributed by atoms with Gasteiger partial charge in [-0.25, -0.2) is 12.7 Å². The van der Waals surface area contributed by atoms with Crippen molar-refractivity contribution in [3.8, 4) is 0 Å². The number of nitrogens with zero attached hydrogens (tertiary/aromatic N) is 2. The van der Waals surface area contributed by atoms with E-state index in [4.69, 9.17) is 0 Å². The van der Waals surface area contributed by atoms with Gasteiger partial charge < -0.3 is 5.32 Å². The topological polar surface area (TPSA) is 69.7 Å². The fourth-order valence-corrected chi connectivity index (χ4v) is 4.85. The quantitative estimate of drug-likeness (QED) is 0.871. The van der Waals surface area contributed by atoms with Gasteiger partial charge in [0.25, 0.3) is 0 Å². The van der Waals surface area contributed by atoms with Crippen molar-refractivity contribution in [2.45, 2.75) is 31.4 Å². The van der Waals surface area contributed by atoms with Gasteiger partial charge in [0.1, 0.15) is 0 Å². The van der Waals surface area contributed by atoms with Gasteiger partial charge in [0.2, 0.25) is 15.9 Å². The largest absolute Gasteiger partial charge is 0.325 e. The van der Waals surface area contributed by atoms with Crippen molar-refractivity contribution in [1.82, 2.24) is 9.21 Å². The Balaban J connectivity index is 1.51. The zero-order chi connectivity index (χ0) is 17.2. The lowest BCUT2D eigenvalue weighted by molar-refractivity contribution is -0.117. The molecular formula is C17H25N3O3S. The maximum absolute atomic E-state index is 12.3. The number of anilines is 1. The lowest BCUT2D eigenvalue weighted by Crippen LogP contribution is -2.39. The standard InChI is InChI=1S/C17H25N3O3S/c1-14-3-5-15(6-4-14)18-17(21)13-19-9-2-10-20(12-11-19)24(22,23)16-7-8-16/h3-6,16H,2,7-13H2,1H3,(H,18,21). The van der Waals surface area contributed by atoms with Crippen LogP contribution in [-0.2, 0) is 14.8 Å². The first kappa shape index (κ1) is 17.4. The Labute approximate surface area is 143 Å². The number of amides is 1. The zero-order valence-corrected chi connectivity index (χ0v) is 14.9. The number of hydrogen-bond donors (Lipinski definition) is 1. The van der Waals surface area contributed by atoms with Crippen molar-refractivity contribution in [3.05, 3.63) is 29.8 Å². The first-order valence-corrected chi connectivity index (χ1v) is 10.0. The Bertz CT molecular complexity index is 684. The minimum absolute atomic E-state index is 0.0580. The van der Waals surface area contributed by atoms with Gasteiger partial charge in [-0.1, -0.05) is 17.7 Å². The molecule has 1 saturated carbocycles. The van der Waals surface area contributed by atoms with E-state index in [1.165, 1.54) is 0 Å². The highest BCUT2D eigenvalue weighted by molar-refractivity contribution is 7.90. The average molecular weight is 351 g/mol. The van der Waals surface area contributed by atoms with Crippen LogP contribution >= 0.6 is 0 Å². The molecule has 0 bridgehead atoms. The summed E-state index contributed by atoms with van der Waals surface area (Å²) in [7, 11) is -3.11. The van der Waals surface area contributed by atoms with Crippen LogP contribution in [0.25, 0.3) is 0 Å². The second-order valence-electron chi connectivity index (χ2n) is 6.69. The van der Waals surface area contributed by atoms with Gasteiger partial charge in [-0.3, -0.25) is 9.69 Å². The molecule has 0 unspecified atom stereocenters. The fraction of sp³-hybridized carbons (Fsp3) is 0.588. The predicted molar refractivity (Wildman–Crippen MR) is 94.4 cm³/mol. The van der Waals surface area contributed by atoms with E-state index in [2.05, 4.69) is 5.32 Å². The van der Waals surface area contributed by atoms with Crippen LogP contribution in [0.2, 0.25) is 0 Å². The second kappa shape index (κ2) is 7.21. The molecule has 1 aromatic carbocycles.